The van der Waals surface area contributed by atoms with E-state index in [2.05, 4.69) is 4.74 Å². The van der Waals surface area contributed by atoms with Gasteiger partial charge in [-0.05, 0) is 13.0 Å². The molecule has 5 heteroatoms. The minimum absolute atomic E-state index is 0.142. The highest BCUT2D eigenvalue weighted by Gasteiger charge is 2.16. The number of halogens is 1. The normalized spacial score (nSPS) is 9.80. The van der Waals surface area contributed by atoms with E-state index in [1.165, 1.54) is 13.2 Å². The zero-order valence-electron chi connectivity index (χ0n) is 8.54. The van der Waals surface area contributed by atoms with Crippen LogP contribution in [0.2, 0.25) is 0 Å². The number of methoxy groups -OCH3 is 1. The zero-order chi connectivity index (χ0) is 11.4. The Balaban J connectivity index is 3.12. The molecule has 0 aromatic heterocycles. The molecule has 1 aromatic rings. The van der Waals surface area contributed by atoms with Gasteiger partial charge < -0.3 is 15.2 Å². The van der Waals surface area contributed by atoms with Gasteiger partial charge in [-0.15, -0.1) is 0 Å². The third kappa shape index (κ3) is 2.37. The number of carbonyl (C=O) groups is 1. The average Bonchev–Trinajstić information content (AvgIpc) is 2.18. The number of carbonyl (C=O) groups excluding carboxylic acids is 1. The number of esters is 1. The predicted octanol–water partition coefficient (Wildman–Crippen LogP) is 1.59. The van der Waals surface area contributed by atoms with Crippen molar-refractivity contribution in [2.45, 2.75) is 6.92 Å². The topological polar surface area (TPSA) is 61.5 Å². The molecule has 82 valence electrons. The molecule has 0 saturated carbocycles. The Kier molecular flexibility index (Phi) is 3.49. The van der Waals surface area contributed by atoms with Gasteiger partial charge >= 0.3 is 5.97 Å². The minimum Gasteiger partial charge on any atom is -0.495 e. The molecule has 0 spiro atoms. The van der Waals surface area contributed by atoms with Crippen LogP contribution in [0.1, 0.15) is 17.3 Å². The molecule has 0 heterocycles. The van der Waals surface area contributed by atoms with Crippen molar-refractivity contribution in [1.82, 2.24) is 0 Å². The first-order chi connectivity index (χ1) is 7.10. The van der Waals surface area contributed by atoms with Crippen molar-refractivity contribution in [1.29, 1.82) is 0 Å². The van der Waals surface area contributed by atoms with Crippen LogP contribution >= 0.6 is 0 Å². The van der Waals surface area contributed by atoms with E-state index < -0.39 is 11.8 Å². The molecule has 0 saturated heterocycles. The summed E-state index contributed by atoms with van der Waals surface area (Å²) in [7, 11) is 1.39. The summed E-state index contributed by atoms with van der Waals surface area (Å²) in [4.78, 5) is 11.3. The Morgan fingerprint density at radius 1 is 1.53 bits per heavy atom. The second-order valence-corrected chi connectivity index (χ2v) is 2.79. The predicted molar refractivity (Wildman–Crippen MR) is 53.3 cm³/mol. The first-order valence-electron chi connectivity index (χ1n) is 4.40. The lowest BCUT2D eigenvalue weighted by Gasteiger charge is -2.08. The molecule has 0 amide bonds. The van der Waals surface area contributed by atoms with Crippen molar-refractivity contribution in [2.75, 3.05) is 19.5 Å². The fraction of sp³-hybridized carbons (Fsp3) is 0.300. The molecule has 0 radical (unpaired) electrons. The molecule has 2 N–H and O–H groups in total. The van der Waals surface area contributed by atoms with E-state index in [9.17, 15) is 9.18 Å². The van der Waals surface area contributed by atoms with E-state index in [0.29, 0.717) is 0 Å². The summed E-state index contributed by atoms with van der Waals surface area (Å²) in [5, 5.41) is 0. The highest BCUT2D eigenvalue weighted by atomic mass is 19.1. The summed E-state index contributed by atoms with van der Waals surface area (Å²) in [6.07, 6.45) is 0. The summed E-state index contributed by atoms with van der Waals surface area (Å²) in [6, 6.07) is 2.26. The highest BCUT2D eigenvalue weighted by Crippen LogP contribution is 2.25. The third-order valence-electron chi connectivity index (χ3n) is 1.81. The second-order valence-electron chi connectivity index (χ2n) is 2.79. The summed E-state index contributed by atoms with van der Waals surface area (Å²) < 4.78 is 22.8. The second kappa shape index (κ2) is 4.63. The van der Waals surface area contributed by atoms with Crippen molar-refractivity contribution in [2.24, 2.45) is 0 Å². The molecule has 1 aromatic carbocycles. The Labute approximate surface area is 86.8 Å². The van der Waals surface area contributed by atoms with Crippen molar-refractivity contribution in [3.63, 3.8) is 0 Å². The van der Waals surface area contributed by atoms with Gasteiger partial charge in [0.05, 0.1) is 25.0 Å². The number of nitrogen functional groups attached to an aromatic ring is 1. The standard InChI is InChI=1S/C10H12FNO3/c1-3-15-10(13)6-4-9(14-2)8(12)5-7(6)11/h4-5H,3,12H2,1-2H3. The smallest absolute Gasteiger partial charge is 0.341 e. The van der Waals surface area contributed by atoms with Gasteiger partial charge in [0.25, 0.3) is 0 Å². The first kappa shape index (κ1) is 11.3. The number of anilines is 1. The molecule has 1 rings (SSSR count). The number of nitrogens with two attached hydrogens (primary N) is 1. The van der Waals surface area contributed by atoms with E-state index in [0.717, 1.165) is 6.07 Å². The monoisotopic (exact) mass is 213 g/mol. The lowest BCUT2D eigenvalue weighted by Crippen LogP contribution is -2.08. The summed E-state index contributed by atoms with van der Waals surface area (Å²) in [5.74, 6) is -1.19. The number of hydrogen-bond acceptors (Lipinski definition) is 4. The van der Waals surface area contributed by atoms with E-state index in [1.807, 2.05) is 0 Å². The SMILES string of the molecule is CCOC(=O)c1cc(OC)c(N)cc1F. The number of hydrogen-bond donors (Lipinski definition) is 1. The van der Waals surface area contributed by atoms with E-state index >= 15 is 0 Å². The number of rotatable bonds is 3. The Bertz CT molecular complexity index is 379. The Morgan fingerprint density at radius 2 is 2.20 bits per heavy atom. The Hall–Kier alpha value is -1.78. The number of ether oxygens (including phenoxy) is 2. The van der Waals surface area contributed by atoms with Crippen LogP contribution in [-0.2, 0) is 4.74 Å². The molecular formula is C10H12FNO3. The van der Waals surface area contributed by atoms with Crippen LogP contribution in [0.3, 0.4) is 0 Å². The molecule has 0 unspecified atom stereocenters. The third-order valence-corrected chi connectivity index (χ3v) is 1.81. The van der Waals surface area contributed by atoms with E-state index in [4.69, 9.17) is 10.5 Å². The molecule has 4 nitrogen and oxygen atoms in total. The van der Waals surface area contributed by atoms with Gasteiger partial charge in [0.15, 0.2) is 0 Å². The molecule has 0 atom stereocenters. The van der Waals surface area contributed by atoms with Crippen molar-refractivity contribution >= 4 is 11.7 Å². The van der Waals surface area contributed by atoms with Crippen LogP contribution in [-0.4, -0.2) is 19.7 Å². The van der Waals surface area contributed by atoms with Crippen LogP contribution in [0.25, 0.3) is 0 Å². The van der Waals surface area contributed by atoms with Gasteiger partial charge in [-0.1, -0.05) is 0 Å². The van der Waals surface area contributed by atoms with Gasteiger partial charge in [-0.3, -0.25) is 0 Å². The highest BCUT2D eigenvalue weighted by molar-refractivity contribution is 5.91. The Morgan fingerprint density at radius 3 is 2.73 bits per heavy atom. The van der Waals surface area contributed by atoms with Gasteiger partial charge in [0.2, 0.25) is 0 Å². The molecule has 0 fully saturated rings. The van der Waals surface area contributed by atoms with Gasteiger partial charge in [0.1, 0.15) is 11.6 Å². The number of benzene rings is 1. The minimum atomic E-state index is -0.728. The van der Waals surface area contributed by atoms with Crippen LogP contribution < -0.4 is 10.5 Å². The largest absolute Gasteiger partial charge is 0.495 e. The molecule has 0 bridgehead atoms. The maximum Gasteiger partial charge on any atom is 0.341 e. The lowest BCUT2D eigenvalue weighted by atomic mass is 10.2. The van der Waals surface area contributed by atoms with Gasteiger partial charge in [-0.25, -0.2) is 9.18 Å². The van der Waals surface area contributed by atoms with Crippen LogP contribution in [0.15, 0.2) is 12.1 Å². The van der Waals surface area contributed by atoms with Gasteiger partial charge in [-0.2, -0.15) is 0 Å². The summed E-state index contributed by atoms with van der Waals surface area (Å²) >= 11 is 0. The average molecular weight is 213 g/mol. The molecule has 0 aliphatic heterocycles. The molecule has 0 aliphatic carbocycles. The maximum absolute atomic E-state index is 13.3. The van der Waals surface area contributed by atoms with Crippen molar-refractivity contribution < 1.29 is 18.7 Å². The quantitative estimate of drug-likeness (QED) is 0.611. The van der Waals surface area contributed by atoms with E-state index in [1.54, 1.807) is 6.92 Å². The lowest BCUT2D eigenvalue weighted by molar-refractivity contribution is 0.0520. The fourth-order valence-electron chi connectivity index (χ4n) is 1.11. The molecular weight excluding hydrogens is 201 g/mol. The van der Waals surface area contributed by atoms with Crippen LogP contribution in [0.5, 0.6) is 5.75 Å². The zero-order valence-corrected chi connectivity index (χ0v) is 8.54. The maximum atomic E-state index is 13.3. The van der Waals surface area contributed by atoms with E-state index in [-0.39, 0.29) is 23.6 Å². The summed E-state index contributed by atoms with van der Waals surface area (Å²) in [6.45, 7) is 1.83. The first-order valence-corrected chi connectivity index (χ1v) is 4.40. The van der Waals surface area contributed by atoms with Crippen molar-refractivity contribution in [3.05, 3.63) is 23.5 Å². The van der Waals surface area contributed by atoms with Crippen LogP contribution in [0, 0.1) is 5.82 Å². The van der Waals surface area contributed by atoms with Gasteiger partial charge in [0, 0.05) is 6.07 Å². The summed E-state index contributed by atoms with van der Waals surface area (Å²) in [5.41, 5.74) is 5.42. The fourth-order valence-corrected chi connectivity index (χ4v) is 1.11. The van der Waals surface area contributed by atoms with Crippen LogP contribution in [0.4, 0.5) is 10.1 Å². The van der Waals surface area contributed by atoms with Crippen molar-refractivity contribution in [3.8, 4) is 5.75 Å². The molecule has 15 heavy (non-hydrogen) atoms. The molecule has 0 aliphatic rings.